The molecule has 2 atom stereocenters. The number of hydrogen-bond donors (Lipinski definition) is 3. The lowest BCUT2D eigenvalue weighted by Gasteiger charge is -2.20. The summed E-state index contributed by atoms with van der Waals surface area (Å²) in [7, 11) is 1.75. The van der Waals surface area contributed by atoms with Gasteiger partial charge < -0.3 is 10.1 Å². The first kappa shape index (κ1) is 11.1. The maximum Gasteiger partial charge on any atom is 0.239 e. The van der Waals surface area contributed by atoms with Crippen LogP contribution in [0, 0.1) is 0 Å². The molecule has 6 heteroatoms. The van der Waals surface area contributed by atoms with Crippen LogP contribution < -0.4 is 16.6 Å². The van der Waals surface area contributed by atoms with E-state index in [2.05, 4.69) is 20.7 Å². The molecule has 2 rings (SSSR count). The highest BCUT2D eigenvalue weighted by atomic mass is 16.5. The molecule has 0 saturated heterocycles. The molecule has 2 unspecified atom stereocenters. The van der Waals surface area contributed by atoms with E-state index in [4.69, 9.17) is 10.6 Å². The minimum absolute atomic E-state index is 0.268. The Morgan fingerprint density at radius 3 is 3.12 bits per heavy atom. The maximum atomic E-state index is 5.41. The molecule has 88 valence electrons. The van der Waals surface area contributed by atoms with E-state index in [0.717, 1.165) is 18.7 Å². The van der Waals surface area contributed by atoms with Gasteiger partial charge in [0.05, 0.1) is 12.1 Å². The van der Waals surface area contributed by atoms with Crippen molar-refractivity contribution < 1.29 is 4.74 Å². The topological polar surface area (TPSA) is 85.1 Å². The van der Waals surface area contributed by atoms with Crippen molar-refractivity contribution in [3.05, 3.63) is 12.3 Å². The Bertz CT molecular complexity index is 346. The first-order valence-electron chi connectivity index (χ1n) is 5.42. The van der Waals surface area contributed by atoms with E-state index in [0.29, 0.717) is 12.0 Å². The standard InChI is InChI=1S/C10H17N5O/c1-16-8-4-2-3-7(8)13-9-5-6-12-10(14-9)15-11/h5-8H,2-4,11H2,1H3,(H2,12,13,14,15). The second-order valence-corrected chi connectivity index (χ2v) is 3.87. The smallest absolute Gasteiger partial charge is 0.239 e. The maximum absolute atomic E-state index is 5.41. The molecule has 1 saturated carbocycles. The van der Waals surface area contributed by atoms with Gasteiger partial charge in [-0.2, -0.15) is 4.98 Å². The Morgan fingerprint density at radius 2 is 2.38 bits per heavy atom. The van der Waals surface area contributed by atoms with E-state index in [1.165, 1.54) is 6.42 Å². The molecule has 0 aliphatic heterocycles. The van der Waals surface area contributed by atoms with Gasteiger partial charge in [0.2, 0.25) is 5.95 Å². The molecule has 1 aromatic rings. The van der Waals surface area contributed by atoms with E-state index in [-0.39, 0.29) is 6.10 Å². The van der Waals surface area contributed by atoms with Crippen molar-refractivity contribution in [2.75, 3.05) is 17.9 Å². The number of aromatic nitrogens is 2. The number of hydrogen-bond acceptors (Lipinski definition) is 6. The summed E-state index contributed by atoms with van der Waals surface area (Å²) in [5.41, 5.74) is 2.42. The predicted molar refractivity (Wildman–Crippen MR) is 61.9 cm³/mol. The zero-order chi connectivity index (χ0) is 11.4. The molecule has 6 nitrogen and oxygen atoms in total. The number of nitrogens with zero attached hydrogens (tertiary/aromatic N) is 2. The summed E-state index contributed by atoms with van der Waals surface area (Å²) in [6.07, 6.45) is 5.32. The molecular formula is C10H17N5O. The molecule has 1 aliphatic rings. The molecular weight excluding hydrogens is 206 g/mol. The average Bonchev–Trinajstić information content (AvgIpc) is 2.76. The molecule has 0 amide bonds. The van der Waals surface area contributed by atoms with Crippen LogP contribution in [0.5, 0.6) is 0 Å². The van der Waals surface area contributed by atoms with Crippen LogP contribution in [0.2, 0.25) is 0 Å². The monoisotopic (exact) mass is 223 g/mol. The molecule has 0 bridgehead atoms. The van der Waals surface area contributed by atoms with Gasteiger partial charge in [-0.3, -0.25) is 5.43 Å². The van der Waals surface area contributed by atoms with Crippen molar-refractivity contribution in [2.24, 2.45) is 5.84 Å². The van der Waals surface area contributed by atoms with Crippen molar-refractivity contribution in [2.45, 2.75) is 31.4 Å². The number of anilines is 2. The molecule has 1 heterocycles. The van der Waals surface area contributed by atoms with E-state index >= 15 is 0 Å². The van der Waals surface area contributed by atoms with Crippen molar-refractivity contribution in [3.8, 4) is 0 Å². The number of nitrogens with one attached hydrogen (secondary N) is 2. The van der Waals surface area contributed by atoms with Crippen molar-refractivity contribution in [1.29, 1.82) is 0 Å². The molecule has 16 heavy (non-hydrogen) atoms. The van der Waals surface area contributed by atoms with Gasteiger partial charge in [-0.15, -0.1) is 0 Å². The minimum Gasteiger partial charge on any atom is -0.379 e. The fraction of sp³-hybridized carbons (Fsp3) is 0.600. The molecule has 4 N–H and O–H groups in total. The molecule has 1 fully saturated rings. The van der Waals surface area contributed by atoms with E-state index in [9.17, 15) is 0 Å². The highest BCUT2D eigenvalue weighted by molar-refractivity contribution is 5.40. The van der Waals surface area contributed by atoms with Crippen LogP contribution in [-0.2, 0) is 4.74 Å². The van der Waals surface area contributed by atoms with Gasteiger partial charge in [0.15, 0.2) is 0 Å². The van der Waals surface area contributed by atoms with Gasteiger partial charge in [0.1, 0.15) is 5.82 Å². The Hall–Kier alpha value is -1.40. The summed E-state index contributed by atoms with van der Waals surface area (Å²) in [6, 6.07) is 2.15. The van der Waals surface area contributed by atoms with E-state index in [1.54, 1.807) is 13.3 Å². The second kappa shape index (κ2) is 5.09. The molecule has 0 aromatic carbocycles. The Kier molecular flexibility index (Phi) is 3.53. The summed E-state index contributed by atoms with van der Waals surface area (Å²) in [4.78, 5) is 8.16. The fourth-order valence-electron chi connectivity index (χ4n) is 2.07. The lowest BCUT2D eigenvalue weighted by Crippen LogP contribution is -2.30. The van der Waals surface area contributed by atoms with Crippen LogP contribution in [-0.4, -0.2) is 29.2 Å². The van der Waals surface area contributed by atoms with Crippen LogP contribution in [0.3, 0.4) is 0 Å². The highest BCUT2D eigenvalue weighted by Gasteiger charge is 2.27. The number of methoxy groups -OCH3 is 1. The average molecular weight is 223 g/mol. The summed E-state index contributed by atoms with van der Waals surface area (Å²) in [5, 5.41) is 3.34. The Balaban J connectivity index is 2.02. The molecule has 0 spiro atoms. The van der Waals surface area contributed by atoms with Gasteiger partial charge in [-0.1, -0.05) is 0 Å². The Labute approximate surface area is 94.6 Å². The van der Waals surface area contributed by atoms with Gasteiger partial charge in [0, 0.05) is 13.3 Å². The van der Waals surface area contributed by atoms with Crippen LogP contribution in [0.25, 0.3) is 0 Å². The number of hydrazine groups is 1. The van der Waals surface area contributed by atoms with Gasteiger partial charge in [-0.05, 0) is 25.3 Å². The van der Waals surface area contributed by atoms with Crippen molar-refractivity contribution in [1.82, 2.24) is 9.97 Å². The number of nitrogen functional groups attached to an aromatic ring is 1. The normalized spacial score (nSPS) is 24.4. The van der Waals surface area contributed by atoms with Gasteiger partial charge >= 0.3 is 0 Å². The highest BCUT2D eigenvalue weighted by Crippen LogP contribution is 2.24. The lowest BCUT2D eigenvalue weighted by molar-refractivity contribution is 0.101. The zero-order valence-corrected chi connectivity index (χ0v) is 9.31. The van der Waals surface area contributed by atoms with Crippen molar-refractivity contribution >= 4 is 11.8 Å². The quantitative estimate of drug-likeness (QED) is 0.515. The van der Waals surface area contributed by atoms with Crippen LogP contribution in [0.4, 0.5) is 11.8 Å². The first-order chi connectivity index (χ1) is 7.83. The molecule has 1 aromatic heterocycles. The molecule has 1 aliphatic carbocycles. The molecule has 0 radical (unpaired) electrons. The predicted octanol–water partition coefficient (Wildman–Crippen LogP) is 0.742. The second-order valence-electron chi connectivity index (χ2n) is 3.87. The van der Waals surface area contributed by atoms with Crippen LogP contribution in [0.1, 0.15) is 19.3 Å². The largest absolute Gasteiger partial charge is 0.379 e. The summed E-state index contributed by atoms with van der Waals surface area (Å²) < 4.78 is 5.41. The third-order valence-electron chi connectivity index (χ3n) is 2.87. The zero-order valence-electron chi connectivity index (χ0n) is 9.31. The minimum atomic E-state index is 0.268. The first-order valence-corrected chi connectivity index (χ1v) is 5.42. The number of rotatable bonds is 4. The third-order valence-corrected chi connectivity index (χ3v) is 2.87. The van der Waals surface area contributed by atoms with Gasteiger partial charge in [0.25, 0.3) is 0 Å². The summed E-state index contributed by atoms with van der Waals surface area (Å²) >= 11 is 0. The van der Waals surface area contributed by atoms with E-state index < -0.39 is 0 Å². The summed E-state index contributed by atoms with van der Waals surface area (Å²) in [5.74, 6) is 6.44. The van der Waals surface area contributed by atoms with Gasteiger partial charge in [-0.25, -0.2) is 10.8 Å². The lowest BCUT2D eigenvalue weighted by atomic mass is 10.2. The van der Waals surface area contributed by atoms with Crippen LogP contribution in [0.15, 0.2) is 12.3 Å². The summed E-state index contributed by atoms with van der Waals surface area (Å²) in [6.45, 7) is 0. The Morgan fingerprint density at radius 1 is 1.50 bits per heavy atom. The number of nitrogens with two attached hydrogens (primary N) is 1. The SMILES string of the molecule is COC1CCCC1Nc1ccnc(NN)n1. The van der Waals surface area contributed by atoms with E-state index in [1.807, 2.05) is 6.07 Å². The fourth-order valence-corrected chi connectivity index (χ4v) is 2.07. The third kappa shape index (κ3) is 2.40. The van der Waals surface area contributed by atoms with Crippen molar-refractivity contribution in [3.63, 3.8) is 0 Å². The number of ether oxygens (including phenoxy) is 1. The van der Waals surface area contributed by atoms with Crippen LogP contribution >= 0.6 is 0 Å².